The van der Waals surface area contributed by atoms with Crippen molar-refractivity contribution in [2.45, 2.75) is 6.61 Å². The van der Waals surface area contributed by atoms with E-state index < -0.39 is 12.1 Å². The molecule has 0 radical (unpaired) electrons. The van der Waals surface area contributed by atoms with Crippen LogP contribution >= 0.6 is 27.5 Å². The highest BCUT2D eigenvalue weighted by atomic mass is 79.9. The van der Waals surface area contributed by atoms with E-state index >= 15 is 0 Å². The van der Waals surface area contributed by atoms with Crippen molar-refractivity contribution >= 4 is 45.3 Å². The van der Waals surface area contributed by atoms with E-state index in [1.54, 1.807) is 0 Å². The number of halogens is 2. The van der Waals surface area contributed by atoms with Gasteiger partial charge in [0.05, 0.1) is 16.3 Å². The van der Waals surface area contributed by atoms with Crippen molar-refractivity contribution in [2.75, 3.05) is 5.32 Å². The van der Waals surface area contributed by atoms with Gasteiger partial charge in [0.15, 0.2) is 0 Å². The molecule has 0 unspecified atom stereocenters. The largest absolute Gasteiger partial charge is 0.478 e. The number of hydrogen-bond acceptors (Lipinski definition) is 3. The summed E-state index contributed by atoms with van der Waals surface area (Å²) in [5.74, 6) is -1.20. The molecule has 0 aliphatic carbocycles. The Morgan fingerprint density at radius 3 is 2.55 bits per heavy atom. The van der Waals surface area contributed by atoms with E-state index in [9.17, 15) is 9.59 Å². The minimum absolute atomic E-state index is 0.0871. The smallest absolute Gasteiger partial charge is 0.411 e. The Kier molecular flexibility index (Phi) is 5.41. The lowest BCUT2D eigenvalue weighted by Gasteiger charge is -2.10. The first-order chi connectivity index (χ1) is 10.5. The second-order valence-corrected chi connectivity index (χ2v) is 5.57. The normalized spacial score (nSPS) is 10.1. The number of carboxylic acids is 1. The van der Waals surface area contributed by atoms with Gasteiger partial charge in [-0.05, 0) is 33.6 Å². The molecule has 0 saturated carbocycles. The van der Waals surface area contributed by atoms with Crippen molar-refractivity contribution in [1.29, 1.82) is 0 Å². The Bertz CT molecular complexity index is 706. The van der Waals surface area contributed by atoms with Crippen LogP contribution in [0.15, 0.2) is 46.9 Å². The van der Waals surface area contributed by atoms with Crippen LogP contribution in [-0.2, 0) is 11.3 Å². The molecule has 1 amide bonds. The number of anilines is 1. The van der Waals surface area contributed by atoms with Gasteiger partial charge in [-0.2, -0.15) is 0 Å². The molecule has 2 aromatic carbocycles. The maximum atomic E-state index is 11.8. The average molecular weight is 385 g/mol. The monoisotopic (exact) mass is 383 g/mol. The average Bonchev–Trinajstić information content (AvgIpc) is 2.49. The molecule has 0 aromatic heterocycles. The second-order valence-electron chi connectivity index (χ2n) is 4.30. The molecule has 0 atom stereocenters. The molecule has 0 bridgehead atoms. The number of hydrogen-bond donors (Lipinski definition) is 2. The van der Waals surface area contributed by atoms with Gasteiger partial charge in [-0.1, -0.05) is 41.9 Å². The minimum atomic E-state index is -1.20. The van der Waals surface area contributed by atoms with Crippen LogP contribution in [0.4, 0.5) is 10.5 Å². The number of amides is 1. The van der Waals surface area contributed by atoms with Gasteiger partial charge in [0.1, 0.15) is 6.61 Å². The van der Waals surface area contributed by atoms with Crippen LogP contribution in [-0.4, -0.2) is 17.2 Å². The van der Waals surface area contributed by atoms with Crippen LogP contribution in [0.3, 0.4) is 0 Å². The highest BCUT2D eigenvalue weighted by molar-refractivity contribution is 9.10. The van der Waals surface area contributed by atoms with E-state index in [1.165, 1.54) is 12.1 Å². The van der Waals surface area contributed by atoms with Crippen molar-refractivity contribution in [1.82, 2.24) is 0 Å². The third kappa shape index (κ3) is 4.22. The molecular formula is C15H11BrClNO4. The Hall–Kier alpha value is -2.05. The van der Waals surface area contributed by atoms with Crippen LogP contribution in [0.1, 0.15) is 15.9 Å². The number of aromatic carboxylic acids is 1. The van der Waals surface area contributed by atoms with Gasteiger partial charge < -0.3 is 9.84 Å². The Labute approximate surface area is 140 Å². The van der Waals surface area contributed by atoms with Crippen molar-refractivity contribution in [3.8, 4) is 0 Å². The summed E-state index contributed by atoms with van der Waals surface area (Å²) >= 11 is 9.03. The number of benzene rings is 2. The lowest BCUT2D eigenvalue weighted by atomic mass is 10.2. The summed E-state index contributed by atoms with van der Waals surface area (Å²) < 4.78 is 5.52. The molecule has 22 heavy (non-hydrogen) atoms. The van der Waals surface area contributed by atoms with Gasteiger partial charge >= 0.3 is 12.1 Å². The quantitative estimate of drug-likeness (QED) is 0.811. The van der Waals surface area contributed by atoms with Gasteiger partial charge in [0, 0.05) is 4.47 Å². The molecule has 0 aliphatic rings. The standard InChI is InChI=1S/C15H11BrClNO4/c16-11-7-13(10(14(19)20)6-12(11)17)18-15(21)22-8-9-4-2-1-3-5-9/h1-7H,8H2,(H,18,21)(H,19,20). The van der Waals surface area contributed by atoms with Crippen molar-refractivity contribution in [2.24, 2.45) is 0 Å². The summed E-state index contributed by atoms with van der Waals surface area (Å²) in [7, 11) is 0. The third-order valence-corrected chi connectivity index (χ3v) is 3.94. The fourth-order valence-corrected chi connectivity index (χ4v) is 2.20. The van der Waals surface area contributed by atoms with E-state index in [2.05, 4.69) is 21.2 Å². The second kappa shape index (κ2) is 7.29. The van der Waals surface area contributed by atoms with E-state index in [0.717, 1.165) is 5.56 Å². The number of nitrogens with one attached hydrogen (secondary N) is 1. The molecule has 0 saturated heterocycles. The molecule has 114 valence electrons. The summed E-state index contributed by atoms with van der Waals surface area (Å²) in [6.45, 7) is 0.0871. The minimum Gasteiger partial charge on any atom is -0.478 e. The van der Waals surface area contributed by atoms with Crippen LogP contribution in [0.2, 0.25) is 5.02 Å². The highest BCUT2D eigenvalue weighted by Gasteiger charge is 2.16. The van der Waals surface area contributed by atoms with Crippen LogP contribution in [0.25, 0.3) is 0 Å². The van der Waals surface area contributed by atoms with Crippen LogP contribution in [0.5, 0.6) is 0 Å². The Morgan fingerprint density at radius 1 is 1.23 bits per heavy atom. The lowest BCUT2D eigenvalue weighted by molar-refractivity contribution is 0.0698. The number of ether oxygens (including phenoxy) is 1. The molecule has 2 rings (SSSR count). The fraction of sp³-hybridized carbons (Fsp3) is 0.0667. The van der Waals surface area contributed by atoms with E-state index in [0.29, 0.717) is 4.47 Å². The maximum absolute atomic E-state index is 11.8. The maximum Gasteiger partial charge on any atom is 0.411 e. The number of rotatable bonds is 4. The Balaban J connectivity index is 2.08. The zero-order valence-electron chi connectivity index (χ0n) is 11.2. The topological polar surface area (TPSA) is 75.6 Å². The SMILES string of the molecule is O=C(Nc1cc(Br)c(Cl)cc1C(=O)O)OCc1ccccc1. The van der Waals surface area contributed by atoms with Gasteiger partial charge in [-0.25, -0.2) is 9.59 Å². The first-order valence-corrected chi connectivity index (χ1v) is 7.34. The van der Waals surface area contributed by atoms with Gasteiger partial charge in [-0.3, -0.25) is 5.32 Å². The first-order valence-electron chi connectivity index (χ1n) is 6.17. The van der Waals surface area contributed by atoms with Crippen molar-refractivity contribution in [3.63, 3.8) is 0 Å². The van der Waals surface area contributed by atoms with Gasteiger partial charge in [-0.15, -0.1) is 0 Å². The first kappa shape index (κ1) is 16.3. The summed E-state index contributed by atoms with van der Waals surface area (Å²) in [6, 6.07) is 11.8. The molecule has 5 nitrogen and oxygen atoms in total. The number of carbonyl (C=O) groups is 2. The molecule has 0 aliphatic heterocycles. The number of carbonyl (C=O) groups excluding carboxylic acids is 1. The van der Waals surface area contributed by atoms with E-state index in [-0.39, 0.29) is 22.9 Å². The van der Waals surface area contributed by atoms with Crippen molar-refractivity contribution < 1.29 is 19.4 Å². The van der Waals surface area contributed by atoms with Crippen LogP contribution in [0, 0.1) is 0 Å². The summed E-state index contributed by atoms with van der Waals surface area (Å²) in [6.07, 6.45) is -0.749. The van der Waals surface area contributed by atoms with E-state index in [1.807, 2.05) is 30.3 Å². The molecule has 0 spiro atoms. The van der Waals surface area contributed by atoms with E-state index in [4.69, 9.17) is 21.4 Å². The molecule has 2 aromatic rings. The molecule has 7 heteroatoms. The fourth-order valence-electron chi connectivity index (χ4n) is 1.70. The molecule has 2 N–H and O–H groups in total. The molecule has 0 heterocycles. The van der Waals surface area contributed by atoms with Crippen molar-refractivity contribution in [3.05, 3.63) is 63.1 Å². The van der Waals surface area contributed by atoms with Gasteiger partial charge in [0.25, 0.3) is 0 Å². The summed E-state index contributed by atoms with van der Waals surface area (Å²) in [5, 5.41) is 11.8. The summed E-state index contributed by atoms with van der Waals surface area (Å²) in [5.41, 5.74) is 0.806. The predicted molar refractivity (Wildman–Crippen MR) is 86.4 cm³/mol. The summed E-state index contributed by atoms with van der Waals surface area (Å²) in [4.78, 5) is 23.0. The Morgan fingerprint density at radius 2 is 1.91 bits per heavy atom. The zero-order valence-corrected chi connectivity index (χ0v) is 13.5. The van der Waals surface area contributed by atoms with Gasteiger partial charge in [0.2, 0.25) is 0 Å². The molecular weight excluding hydrogens is 374 g/mol. The lowest BCUT2D eigenvalue weighted by Crippen LogP contribution is -2.16. The van der Waals surface area contributed by atoms with Crippen LogP contribution < -0.4 is 5.32 Å². The zero-order chi connectivity index (χ0) is 16.1. The predicted octanol–water partition coefficient (Wildman–Crippen LogP) is 4.55. The number of carboxylic acid groups (broad SMARTS) is 1. The molecule has 0 fully saturated rings. The third-order valence-electron chi connectivity index (χ3n) is 2.74. The highest BCUT2D eigenvalue weighted by Crippen LogP contribution is 2.29.